The summed E-state index contributed by atoms with van der Waals surface area (Å²) in [5.74, 6) is 1.25. The van der Waals surface area contributed by atoms with Crippen molar-refractivity contribution in [3.05, 3.63) is 23.3 Å². The molecule has 1 aromatic rings. The highest BCUT2D eigenvalue weighted by molar-refractivity contribution is 5.79. The quantitative estimate of drug-likeness (QED) is 0.705. The normalized spacial score (nSPS) is 10.4. The van der Waals surface area contributed by atoms with Crippen LogP contribution in [0.1, 0.15) is 15.9 Å². The molecule has 0 fully saturated rings. The Morgan fingerprint density at radius 2 is 1.76 bits per heavy atom. The maximum absolute atomic E-state index is 11.0. The molecule has 0 N–H and O–H groups in total. The number of nitrogens with zero attached hydrogens (tertiary/aromatic N) is 1. The first-order chi connectivity index (χ1) is 8.12. The lowest BCUT2D eigenvalue weighted by Gasteiger charge is -2.14. The molecule has 0 spiro atoms. The van der Waals surface area contributed by atoms with E-state index in [1.54, 1.807) is 20.3 Å². The van der Waals surface area contributed by atoms with Crippen LogP contribution in [-0.2, 0) is 6.42 Å². The first-order valence-electron chi connectivity index (χ1n) is 5.47. The molecule has 4 heteroatoms. The van der Waals surface area contributed by atoms with Gasteiger partial charge in [-0.05, 0) is 38.2 Å². The maximum Gasteiger partial charge on any atom is 0.161 e. The van der Waals surface area contributed by atoms with E-state index in [4.69, 9.17) is 9.47 Å². The number of aldehydes is 1. The number of benzene rings is 1. The number of ether oxygens (including phenoxy) is 2. The van der Waals surface area contributed by atoms with E-state index in [-0.39, 0.29) is 0 Å². The van der Waals surface area contributed by atoms with Gasteiger partial charge in [0.15, 0.2) is 11.5 Å². The van der Waals surface area contributed by atoms with Crippen molar-refractivity contribution in [1.29, 1.82) is 0 Å². The van der Waals surface area contributed by atoms with Gasteiger partial charge in [0.2, 0.25) is 0 Å². The Kier molecular flexibility index (Phi) is 4.97. The highest BCUT2D eigenvalue weighted by Crippen LogP contribution is 2.30. The Morgan fingerprint density at radius 1 is 1.18 bits per heavy atom. The van der Waals surface area contributed by atoms with Gasteiger partial charge in [-0.1, -0.05) is 0 Å². The molecule has 0 unspecified atom stereocenters. The van der Waals surface area contributed by atoms with E-state index in [1.165, 1.54) is 0 Å². The van der Waals surface area contributed by atoms with Crippen molar-refractivity contribution >= 4 is 6.29 Å². The summed E-state index contributed by atoms with van der Waals surface area (Å²) >= 11 is 0. The van der Waals surface area contributed by atoms with Gasteiger partial charge in [0, 0.05) is 12.1 Å². The van der Waals surface area contributed by atoms with Crippen LogP contribution in [0.2, 0.25) is 0 Å². The number of carbonyl (C=O) groups is 1. The summed E-state index contributed by atoms with van der Waals surface area (Å²) < 4.78 is 10.4. The summed E-state index contributed by atoms with van der Waals surface area (Å²) in [6.45, 7) is 0.885. The minimum Gasteiger partial charge on any atom is -0.493 e. The van der Waals surface area contributed by atoms with Gasteiger partial charge in [-0.3, -0.25) is 4.79 Å². The zero-order chi connectivity index (χ0) is 12.8. The van der Waals surface area contributed by atoms with E-state index in [0.29, 0.717) is 17.1 Å². The van der Waals surface area contributed by atoms with E-state index in [9.17, 15) is 4.79 Å². The number of hydrogen-bond acceptors (Lipinski definition) is 4. The van der Waals surface area contributed by atoms with Crippen molar-refractivity contribution in [2.45, 2.75) is 6.42 Å². The van der Waals surface area contributed by atoms with Crippen molar-refractivity contribution in [3.8, 4) is 11.5 Å². The fraction of sp³-hybridized carbons (Fsp3) is 0.462. The standard InChI is InChI=1S/C13H19NO3/c1-14(2)6-5-10-7-12(16-3)13(17-4)8-11(10)9-15/h7-9H,5-6H2,1-4H3. The van der Waals surface area contributed by atoms with Gasteiger partial charge in [0.1, 0.15) is 6.29 Å². The fourth-order valence-corrected chi connectivity index (χ4v) is 1.61. The van der Waals surface area contributed by atoms with Gasteiger partial charge in [-0.2, -0.15) is 0 Å². The molecule has 0 saturated carbocycles. The molecule has 0 saturated heterocycles. The van der Waals surface area contributed by atoms with Crippen LogP contribution in [0.15, 0.2) is 12.1 Å². The minimum absolute atomic E-state index is 0.586. The summed E-state index contributed by atoms with van der Waals surface area (Å²) in [6, 6.07) is 3.59. The van der Waals surface area contributed by atoms with Crippen molar-refractivity contribution in [2.24, 2.45) is 0 Å². The molecular formula is C13H19NO3. The highest BCUT2D eigenvalue weighted by atomic mass is 16.5. The monoisotopic (exact) mass is 237 g/mol. The average Bonchev–Trinajstić information content (AvgIpc) is 2.34. The summed E-state index contributed by atoms with van der Waals surface area (Å²) in [7, 11) is 7.16. The smallest absolute Gasteiger partial charge is 0.161 e. The van der Waals surface area contributed by atoms with Crippen molar-refractivity contribution in [2.75, 3.05) is 34.9 Å². The zero-order valence-corrected chi connectivity index (χ0v) is 10.8. The number of rotatable bonds is 6. The molecule has 0 radical (unpaired) electrons. The molecule has 0 bridgehead atoms. The summed E-state index contributed by atoms with van der Waals surface area (Å²) in [4.78, 5) is 13.1. The molecule has 0 aliphatic carbocycles. The third kappa shape index (κ3) is 3.46. The second-order valence-electron chi connectivity index (χ2n) is 4.08. The van der Waals surface area contributed by atoms with Crippen LogP contribution < -0.4 is 9.47 Å². The lowest BCUT2D eigenvalue weighted by Crippen LogP contribution is -2.16. The molecular weight excluding hydrogens is 218 g/mol. The van der Waals surface area contributed by atoms with Gasteiger partial charge in [0.25, 0.3) is 0 Å². The lowest BCUT2D eigenvalue weighted by atomic mass is 10.0. The van der Waals surface area contributed by atoms with Gasteiger partial charge >= 0.3 is 0 Å². The maximum atomic E-state index is 11.0. The second kappa shape index (κ2) is 6.25. The number of methoxy groups -OCH3 is 2. The zero-order valence-electron chi connectivity index (χ0n) is 10.8. The van der Waals surface area contributed by atoms with Crippen LogP contribution in [0.4, 0.5) is 0 Å². The molecule has 0 aliphatic rings. The Hall–Kier alpha value is -1.55. The lowest BCUT2D eigenvalue weighted by molar-refractivity contribution is 0.112. The molecule has 0 heterocycles. The molecule has 4 nitrogen and oxygen atoms in total. The van der Waals surface area contributed by atoms with Gasteiger partial charge in [-0.25, -0.2) is 0 Å². The van der Waals surface area contributed by atoms with Crippen LogP contribution in [-0.4, -0.2) is 46.0 Å². The fourth-order valence-electron chi connectivity index (χ4n) is 1.61. The molecule has 0 aromatic heterocycles. The summed E-state index contributed by atoms with van der Waals surface area (Å²) in [5, 5.41) is 0. The predicted molar refractivity (Wildman–Crippen MR) is 67.2 cm³/mol. The number of hydrogen-bond donors (Lipinski definition) is 0. The summed E-state index contributed by atoms with van der Waals surface area (Å²) in [6.07, 6.45) is 1.66. The number of likely N-dealkylation sites (N-methyl/N-ethyl adjacent to an activating group) is 1. The predicted octanol–water partition coefficient (Wildman–Crippen LogP) is 1.62. The largest absolute Gasteiger partial charge is 0.493 e. The molecule has 0 amide bonds. The third-order valence-corrected chi connectivity index (χ3v) is 2.60. The number of carbonyl (C=O) groups excluding carboxylic acids is 1. The van der Waals surface area contributed by atoms with E-state index in [0.717, 1.165) is 24.8 Å². The third-order valence-electron chi connectivity index (χ3n) is 2.60. The van der Waals surface area contributed by atoms with Crippen molar-refractivity contribution in [3.63, 3.8) is 0 Å². The highest BCUT2D eigenvalue weighted by Gasteiger charge is 2.10. The molecule has 1 aromatic carbocycles. The minimum atomic E-state index is 0.586. The Bertz CT molecular complexity index is 388. The van der Waals surface area contributed by atoms with E-state index >= 15 is 0 Å². The van der Waals surface area contributed by atoms with E-state index in [1.807, 2.05) is 20.2 Å². The SMILES string of the molecule is COc1cc(C=O)c(CCN(C)C)cc1OC. The Morgan fingerprint density at radius 3 is 2.24 bits per heavy atom. The van der Waals surface area contributed by atoms with Crippen molar-refractivity contribution in [1.82, 2.24) is 4.90 Å². The van der Waals surface area contributed by atoms with Crippen molar-refractivity contribution < 1.29 is 14.3 Å². The first-order valence-corrected chi connectivity index (χ1v) is 5.47. The molecule has 0 atom stereocenters. The van der Waals surface area contributed by atoms with Crippen LogP contribution in [0, 0.1) is 0 Å². The van der Waals surface area contributed by atoms with Crippen LogP contribution in [0.5, 0.6) is 11.5 Å². The topological polar surface area (TPSA) is 38.8 Å². The van der Waals surface area contributed by atoms with Crippen LogP contribution in [0.3, 0.4) is 0 Å². The average molecular weight is 237 g/mol. The van der Waals surface area contributed by atoms with Crippen LogP contribution >= 0.6 is 0 Å². The molecule has 17 heavy (non-hydrogen) atoms. The summed E-state index contributed by atoms with van der Waals surface area (Å²) in [5.41, 5.74) is 1.64. The second-order valence-corrected chi connectivity index (χ2v) is 4.08. The first kappa shape index (κ1) is 13.5. The molecule has 94 valence electrons. The van der Waals surface area contributed by atoms with Gasteiger partial charge < -0.3 is 14.4 Å². The van der Waals surface area contributed by atoms with E-state index in [2.05, 4.69) is 4.90 Å². The molecule has 0 aliphatic heterocycles. The van der Waals surface area contributed by atoms with E-state index < -0.39 is 0 Å². The van der Waals surface area contributed by atoms with Gasteiger partial charge in [0.05, 0.1) is 14.2 Å². The van der Waals surface area contributed by atoms with Crippen LogP contribution in [0.25, 0.3) is 0 Å². The Balaban J connectivity index is 3.05. The van der Waals surface area contributed by atoms with Gasteiger partial charge in [-0.15, -0.1) is 0 Å². The Labute approximate surface area is 102 Å². The molecule has 1 rings (SSSR count).